The van der Waals surface area contributed by atoms with Gasteiger partial charge in [-0.25, -0.2) is 0 Å². The van der Waals surface area contributed by atoms with Crippen LogP contribution in [0.15, 0.2) is 18.2 Å². The summed E-state index contributed by atoms with van der Waals surface area (Å²) in [7, 11) is 1.63. The zero-order valence-electron chi connectivity index (χ0n) is 12.2. The predicted octanol–water partition coefficient (Wildman–Crippen LogP) is 0.778. The summed E-state index contributed by atoms with van der Waals surface area (Å²) in [6.07, 6.45) is 0.906. The number of benzene rings is 1. The Bertz CT molecular complexity index is 476. The lowest BCUT2D eigenvalue weighted by Crippen LogP contribution is -2.44. The first-order valence-electron chi connectivity index (χ1n) is 6.97. The number of carbonyl (C=O) groups is 1. The van der Waals surface area contributed by atoms with Crippen LogP contribution in [0.3, 0.4) is 0 Å². The van der Waals surface area contributed by atoms with Crippen LogP contribution in [0.4, 0.5) is 5.69 Å². The van der Waals surface area contributed by atoms with Gasteiger partial charge in [-0.15, -0.1) is 0 Å². The topological polar surface area (TPSA) is 67.6 Å². The summed E-state index contributed by atoms with van der Waals surface area (Å²) in [5.74, 6) is 0.0434. The number of anilines is 1. The van der Waals surface area contributed by atoms with E-state index in [0.29, 0.717) is 13.2 Å². The average Bonchev–Trinajstić information content (AvgIpc) is 2.38. The van der Waals surface area contributed by atoms with Gasteiger partial charge in [0.25, 0.3) is 0 Å². The molecule has 0 saturated heterocycles. The maximum atomic E-state index is 11.9. The van der Waals surface area contributed by atoms with E-state index in [9.17, 15) is 4.79 Å². The van der Waals surface area contributed by atoms with E-state index in [1.54, 1.807) is 7.11 Å². The molecule has 0 radical (unpaired) electrons. The summed E-state index contributed by atoms with van der Waals surface area (Å²) in [6.45, 7) is 4.54. The lowest BCUT2D eigenvalue weighted by atomic mass is 9.98. The van der Waals surface area contributed by atoms with Crippen molar-refractivity contribution in [1.29, 1.82) is 0 Å². The van der Waals surface area contributed by atoms with Crippen molar-refractivity contribution in [3.8, 4) is 0 Å². The van der Waals surface area contributed by atoms with Gasteiger partial charge in [-0.2, -0.15) is 0 Å². The van der Waals surface area contributed by atoms with Crippen LogP contribution in [0.25, 0.3) is 0 Å². The highest BCUT2D eigenvalue weighted by molar-refractivity contribution is 5.78. The standard InChI is InChI=1S/C15H23N3O2/c1-11(10-20-2)17-15(19)9-18-7-6-13-12(8-18)4-3-5-14(13)16/h3-5,11H,6-10,16H2,1-2H3,(H,17,19). The lowest BCUT2D eigenvalue weighted by molar-refractivity contribution is -0.123. The molecule has 2 rings (SSSR count). The molecule has 1 atom stereocenters. The number of ether oxygens (including phenoxy) is 1. The molecule has 1 heterocycles. The molecule has 0 saturated carbocycles. The molecule has 5 nitrogen and oxygen atoms in total. The highest BCUT2D eigenvalue weighted by Crippen LogP contribution is 2.23. The molecule has 20 heavy (non-hydrogen) atoms. The van der Waals surface area contributed by atoms with Crippen LogP contribution < -0.4 is 11.1 Å². The molecular formula is C15H23N3O2. The molecule has 1 unspecified atom stereocenters. The number of rotatable bonds is 5. The number of hydrogen-bond donors (Lipinski definition) is 2. The van der Waals surface area contributed by atoms with Gasteiger partial charge in [0.2, 0.25) is 5.91 Å². The molecule has 0 bridgehead atoms. The van der Waals surface area contributed by atoms with E-state index in [1.165, 1.54) is 11.1 Å². The number of nitrogens with two attached hydrogens (primary N) is 1. The number of carbonyl (C=O) groups excluding carboxylic acids is 1. The number of nitrogens with zero attached hydrogens (tertiary/aromatic N) is 1. The van der Waals surface area contributed by atoms with Crippen molar-refractivity contribution in [3.63, 3.8) is 0 Å². The monoisotopic (exact) mass is 277 g/mol. The van der Waals surface area contributed by atoms with Crippen LogP contribution in [0, 0.1) is 0 Å². The second-order valence-corrected chi connectivity index (χ2v) is 5.37. The van der Waals surface area contributed by atoms with Crippen molar-refractivity contribution in [2.75, 3.05) is 32.5 Å². The number of fused-ring (bicyclic) bond motifs is 1. The first-order chi connectivity index (χ1) is 9.60. The highest BCUT2D eigenvalue weighted by atomic mass is 16.5. The minimum absolute atomic E-state index is 0.0419. The molecule has 1 amide bonds. The smallest absolute Gasteiger partial charge is 0.234 e. The zero-order chi connectivity index (χ0) is 14.5. The van der Waals surface area contributed by atoms with Crippen LogP contribution in [-0.4, -0.2) is 43.7 Å². The molecule has 5 heteroatoms. The van der Waals surface area contributed by atoms with Gasteiger partial charge in [0.1, 0.15) is 0 Å². The molecule has 1 aromatic carbocycles. The Morgan fingerprint density at radius 1 is 1.55 bits per heavy atom. The first kappa shape index (κ1) is 14.8. The fourth-order valence-corrected chi connectivity index (χ4v) is 2.65. The number of nitrogens with one attached hydrogen (secondary N) is 1. The molecular weight excluding hydrogens is 254 g/mol. The van der Waals surface area contributed by atoms with Crippen molar-refractivity contribution >= 4 is 11.6 Å². The number of hydrogen-bond acceptors (Lipinski definition) is 4. The van der Waals surface area contributed by atoms with Crippen molar-refractivity contribution in [1.82, 2.24) is 10.2 Å². The van der Waals surface area contributed by atoms with Gasteiger partial charge < -0.3 is 15.8 Å². The predicted molar refractivity (Wildman–Crippen MR) is 79.3 cm³/mol. The van der Waals surface area contributed by atoms with E-state index in [2.05, 4.69) is 16.3 Å². The number of amides is 1. The lowest BCUT2D eigenvalue weighted by Gasteiger charge is -2.29. The van der Waals surface area contributed by atoms with Gasteiger partial charge in [0.15, 0.2) is 0 Å². The van der Waals surface area contributed by atoms with Crippen LogP contribution in [0.1, 0.15) is 18.1 Å². The zero-order valence-corrected chi connectivity index (χ0v) is 12.2. The molecule has 0 spiro atoms. The second-order valence-electron chi connectivity index (χ2n) is 5.37. The van der Waals surface area contributed by atoms with Crippen LogP contribution in [-0.2, 0) is 22.5 Å². The number of methoxy groups -OCH3 is 1. The van der Waals surface area contributed by atoms with Crippen molar-refractivity contribution in [3.05, 3.63) is 29.3 Å². The van der Waals surface area contributed by atoms with E-state index in [4.69, 9.17) is 10.5 Å². The Kier molecular flexibility index (Phi) is 4.98. The van der Waals surface area contributed by atoms with Gasteiger partial charge >= 0.3 is 0 Å². The molecule has 1 aliphatic heterocycles. The Morgan fingerprint density at radius 3 is 3.10 bits per heavy atom. The Morgan fingerprint density at radius 2 is 2.35 bits per heavy atom. The van der Waals surface area contributed by atoms with E-state index in [0.717, 1.165) is 25.2 Å². The largest absolute Gasteiger partial charge is 0.398 e. The summed E-state index contributed by atoms with van der Waals surface area (Å²) in [4.78, 5) is 14.1. The van der Waals surface area contributed by atoms with Crippen LogP contribution in [0.2, 0.25) is 0 Å². The van der Waals surface area contributed by atoms with Gasteiger partial charge in [0.05, 0.1) is 13.2 Å². The molecule has 0 aliphatic carbocycles. The highest BCUT2D eigenvalue weighted by Gasteiger charge is 2.20. The fraction of sp³-hybridized carbons (Fsp3) is 0.533. The maximum absolute atomic E-state index is 11.9. The van der Waals surface area contributed by atoms with Gasteiger partial charge in [-0.05, 0) is 30.5 Å². The van der Waals surface area contributed by atoms with Crippen molar-refractivity contribution < 1.29 is 9.53 Å². The molecule has 0 fully saturated rings. The Balaban J connectivity index is 1.88. The Hall–Kier alpha value is -1.59. The molecule has 3 N–H and O–H groups in total. The summed E-state index contributed by atoms with van der Waals surface area (Å²) < 4.78 is 5.01. The number of nitrogen functional groups attached to an aromatic ring is 1. The average molecular weight is 277 g/mol. The van der Waals surface area contributed by atoms with E-state index in [-0.39, 0.29) is 11.9 Å². The van der Waals surface area contributed by atoms with Gasteiger partial charge in [-0.3, -0.25) is 9.69 Å². The van der Waals surface area contributed by atoms with Crippen LogP contribution in [0.5, 0.6) is 0 Å². The third kappa shape index (κ3) is 3.71. The minimum atomic E-state index is 0.0419. The summed E-state index contributed by atoms with van der Waals surface area (Å²) in [6, 6.07) is 6.04. The minimum Gasteiger partial charge on any atom is -0.398 e. The fourth-order valence-electron chi connectivity index (χ4n) is 2.65. The van der Waals surface area contributed by atoms with Crippen LogP contribution >= 0.6 is 0 Å². The maximum Gasteiger partial charge on any atom is 0.234 e. The second kappa shape index (κ2) is 6.72. The summed E-state index contributed by atoms with van der Waals surface area (Å²) >= 11 is 0. The normalized spacial score (nSPS) is 16.5. The van der Waals surface area contributed by atoms with Gasteiger partial charge in [0, 0.05) is 31.9 Å². The summed E-state index contributed by atoms with van der Waals surface area (Å²) in [5, 5.41) is 2.93. The van der Waals surface area contributed by atoms with E-state index < -0.39 is 0 Å². The van der Waals surface area contributed by atoms with Crippen molar-refractivity contribution in [2.24, 2.45) is 0 Å². The Labute approximate surface area is 120 Å². The molecule has 110 valence electrons. The van der Waals surface area contributed by atoms with Crippen molar-refractivity contribution in [2.45, 2.75) is 25.9 Å². The SMILES string of the molecule is COCC(C)NC(=O)CN1CCc2c(N)cccc2C1. The molecule has 1 aliphatic rings. The van der Waals surface area contributed by atoms with Gasteiger partial charge in [-0.1, -0.05) is 12.1 Å². The third-order valence-corrected chi connectivity index (χ3v) is 3.57. The molecule has 1 aromatic rings. The summed E-state index contributed by atoms with van der Waals surface area (Å²) in [5.41, 5.74) is 9.30. The third-order valence-electron chi connectivity index (χ3n) is 3.57. The molecule has 0 aromatic heterocycles. The quantitative estimate of drug-likeness (QED) is 0.780. The van der Waals surface area contributed by atoms with E-state index >= 15 is 0 Å². The first-order valence-corrected chi connectivity index (χ1v) is 6.97. The van der Waals surface area contributed by atoms with E-state index in [1.807, 2.05) is 19.1 Å².